The van der Waals surface area contributed by atoms with Crippen LogP contribution in [-0.4, -0.2) is 5.78 Å². The summed E-state index contributed by atoms with van der Waals surface area (Å²) >= 11 is 0. The number of carbonyl (C=O) groups excluding carboxylic acids is 1. The molecule has 0 aromatic carbocycles. The molecule has 0 saturated heterocycles. The predicted octanol–water partition coefficient (Wildman–Crippen LogP) is 3.72. The van der Waals surface area contributed by atoms with Gasteiger partial charge in [0.05, 0.1) is 0 Å². The molecule has 2 aliphatic rings. The summed E-state index contributed by atoms with van der Waals surface area (Å²) in [6, 6.07) is 0. The van der Waals surface area contributed by atoms with Gasteiger partial charge in [0.2, 0.25) is 0 Å². The molecule has 2 fully saturated rings. The Labute approximate surface area is 87.3 Å². The second kappa shape index (κ2) is 4.04. The molecule has 2 aliphatic carbocycles. The van der Waals surface area contributed by atoms with Gasteiger partial charge in [-0.25, -0.2) is 0 Å². The Bertz CT molecular complexity index is 211. The Morgan fingerprint density at radius 3 is 2.43 bits per heavy atom. The van der Waals surface area contributed by atoms with E-state index in [1.807, 2.05) is 0 Å². The van der Waals surface area contributed by atoms with E-state index in [0.717, 1.165) is 12.3 Å². The summed E-state index contributed by atoms with van der Waals surface area (Å²) in [4.78, 5) is 10.9. The van der Waals surface area contributed by atoms with E-state index in [-0.39, 0.29) is 0 Å². The van der Waals surface area contributed by atoms with Crippen LogP contribution in [0.15, 0.2) is 0 Å². The van der Waals surface area contributed by atoms with Crippen molar-refractivity contribution >= 4 is 5.78 Å². The van der Waals surface area contributed by atoms with Crippen LogP contribution in [0.2, 0.25) is 0 Å². The van der Waals surface area contributed by atoms with Gasteiger partial charge in [-0.3, -0.25) is 0 Å². The minimum Gasteiger partial charge on any atom is -0.300 e. The summed E-state index contributed by atoms with van der Waals surface area (Å²) in [5, 5.41) is 0. The van der Waals surface area contributed by atoms with Crippen LogP contribution < -0.4 is 0 Å². The zero-order valence-electron chi connectivity index (χ0n) is 9.35. The van der Waals surface area contributed by atoms with Gasteiger partial charge in [0, 0.05) is 6.42 Å². The summed E-state index contributed by atoms with van der Waals surface area (Å²) in [5.74, 6) is 1.28. The molecule has 2 rings (SSSR count). The molecule has 0 aliphatic heterocycles. The first-order valence-corrected chi connectivity index (χ1v) is 6.22. The molecule has 1 atom stereocenters. The van der Waals surface area contributed by atoms with Crippen LogP contribution in [0.1, 0.15) is 64.7 Å². The second-order valence-corrected chi connectivity index (χ2v) is 5.42. The second-order valence-electron chi connectivity index (χ2n) is 5.42. The molecule has 0 aromatic rings. The van der Waals surface area contributed by atoms with Gasteiger partial charge in [0.15, 0.2) is 0 Å². The van der Waals surface area contributed by atoms with Crippen molar-refractivity contribution in [2.75, 3.05) is 0 Å². The van der Waals surface area contributed by atoms with Crippen molar-refractivity contribution in [2.24, 2.45) is 11.3 Å². The van der Waals surface area contributed by atoms with Crippen LogP contribution in [0, 0.1) is 11.3 Å². The monoisotopic (exact) mass is 194 g/mol. The molecule has 0 bridgehead atoms. The van der Waals surface area contributed by atoms with Crippen LogP contribution in [0.25, 0.3) is 0 Å². The minimum atomic E-state index is 0.376. The molecule has 0 amide bonds. The van der Waals surface area contributed by atoms with Gasteiger partial charge in [0.1, 0.15) is 5.78 Å². The number of Topliss-reactive ketones (excluding diaryl/α,β-unsaturated/α-hetero) is 1. The molecule has 80 valence electrons. The first-order valence-electron chi connectivity index (χ1n) is 6.22. The summed E-state index contributed by atoms with van der Waals surface area (Å²) in [5.41, 5.74) is 0.714. The maximum atomic E-state index is 10.9. The molecule has 0 aromatic heterocycles. The van der Waals surface area contributed by atoms with Crippen LogP contribution >= 0.6 is 0 Å². The third-order valence-electron chi connectivity index (χ3n) is 4.30. The van der Waals surface area contributed by atoms with Gasteiger partial charge < -0.3 is 4.79 Å². The lowest BCUT2D eigenvalue weighted by molar-refractivity contribution is -0.117. The van der Waals surface area contributed by atoms with E-state index in [1.165, 1.54) is 51.4 Å². The van der Waals surface area contributed by atoms with Crippen molar-refractivity contribution in [3.8, 4) is 0 Å². The summed E-state index contributed by atoms with van der Waals surface area (Å²) in [6.45, 7) is 1.72. The smallest absolute Gasteiger partial charge is 0.129 e. The fourth-order valence-corrected chi connectivity index (χ4v) is 3.26. The number of hydrogen-bond donors (Lipinski definition) is 0. The largest absolute Gasteiger partial charge is 0.300 e. The number of rotatable bonds is 3. The fraction of sp³-hybridized carbons (Fsp3) is 0.923. The molecule has 1 spiro atoms. The summed E-state index contributed by atoms with van der Waals surface area (Å²) in [6.07, 6.45) is 12.1. The topological polar surface area (TPSA) is 17.1 Å². The molecular formula is C13H22O. The molecular weight excluding hydrogens is 172 g/mol. The van der Waals surface area contributed by atoms with Crippen molar-refractivity contribution in [3.63, 3.8) is 0 Å². The lowest BCUT2D eigenvalue weighted by Crippen LogP contribution is -2.03. The molecule has 14 heavy (non-hydrogen) atoms. The van der Waals surface area contributed by atoms with E-state index < -0.39 is 0 Å². The van der Waals surface area contributed by atoms with Crippen LogP contribution in [0.5, 0.6) is 0 Å². The zero-order valence-corrected chi connectivity index (χ0v) is 9.35. The molecule has 2 saturated carbocycles. The minimum absolute atomic E-state index is 0.376. The third kappa shape index (κ3) is 2.18. The molecule has 0 radical (unpaired) electrons. The average molecular weight is 194 g/mol. The first kappa shape index (κ1) is 10.2. The predicted molar refractivity (Wildman–Crippen MR) is 58.2 cm³/mol. The van der Waals surface area contributed by atoms with Gasteiger partial charge >= 0.3 is 0 Å². The highest BCUT2D eigenvalue weighted by Gasteiger charge is 2.52. The molecule has 0 heterocycles. The third-order valence-corrected chi connectivity index (χ3v) is 4.30. The lowest BCUT2D eigenvalue weighted by Gasteiger charge is -2.13. The molecule has 0 N–H and O–H groups in total. The number of carbonyl (C=O) groups is 1. The van der Waals surface area contributed by atoms with Crippen molar-refractivity contribution in [1.29, 1.82) is 0 Å². The maximum Gasteiger partial charge on any atom is 0.129 e. The number of ketones is 1. The SMILES string of the molecule is CC(=O)CCC1CC12CCCCCC2. The van der Waals surface area contributed by atoms with Crippen molar-refractivity contribution < 1.29 is 4.79 Å². The van der Waals surface area contributed by atoms with E-state index in [0.29, 0.717) is 11.2 Å². The summed E-state index contributed by atoms with van der Waals surface area (Å²) < 4.78 is 0. The Hall–Kier alpha value is -0.330. The van der Waals surface area contributed by atoms with Gasteiger partial charge in [-0.05, 0) is 43.9 Å². The van der Waals surface area contributed by atoms with E-state index in [1.54, 1.807) is 6.92 Å². The quantitative estimate of drug-likeness (QED) is 0.669. The molecule has 1 unspecified atom stereocenters. The highest BCUT2D eigenvalue weighted by atomic mass is 16.1. The van der Waals surface area contributed by atoms with E-state index in [9.17, 15) is 4.79 Å². The summed E-state index contributed by atoms with van der Waals surface area (Å²) in [7, 11) is 0. The van der Waals surface area contributed by atoms with Crippen molar-refractivity contribution in [3.05, 3.63) is 0 Å². The van der Waals surface area contributed by atoms with Gasteiger partial charge in [-0.1, -0.05) is 25.7 Å². The van der Waals surface area contributed by atoms with Crippen molar-refractivity contribution in [1.82, 2.24) is 0 Å². The van der Waals surface area contributed by atoms with E-state index in [4.69, 9.17) is 0 Å². The maximum absolute atomic E-state index is 10.9. The highest BCUT2D eigenvalue weighted by molar-refractivity contribution is 5.75. The molecule has 1 nitrogen and oxygen atoms in total. The normalized spacial score (nSPS) is 29.9. The Balaban J connectivity index is 1.79. The Kier molecular flexibility index (Phi) is 2.94. The van der Waals surface area contributed by atoms with Crippen LogP contribution in [-0.2, 0) is 4.79 Å². The van der Waals surface area contributed by atoms with Gasteiger partial charge in [-0.2, -0.15) is 0 Å². The zero-order chi connectivity index (χ0) is 10.0. The lowest BCUT2D eigenvalue weighted by atomic mass is 9.92. The standard InChI is InChI=1S/C13H22O/c1-11(14)6-7-12-10-13(12)8-4-2-3-5-9-13/h12H,2-10H2,1H3. The highest BCUT2D eigenvalue weighted by Crippen LogP contribution is 2.62. The number of hydrogen-bond acceptors (Lipinski definition) is 1. The van der Waals surface area contributed by atoms with Crippen LogP contribution in [0.3, 0.4) is 0 Å². The van der Waals surface area contributed by atoms with Gasteiger partial charge in [0.25, 0.3) is 0 Å². The average Bonchev–Trinajstić information content (AvgIpc) is 2.88. The Morgan fingerprint density at radius 2 is 1.86 bits per heavy atom. The van der Waals surface area contributed by atoms with Gasteiger partial charge in [-0.15, -0.1) is 0 Å². The van der Waals surface area contributed by atoms with E-state index >= 15 is 0 Å². The first-order chi connectivity index (χ1) is 6.73. The Morgan fingerprint density at radius 1 is 1.21 bits per heavy atom. The van der Waals surface area contributed by atoms with Crippen molar-refractivity contribution in [2.45, 2.75) is 64.7 Å². The fourth-order valence-electron chi connectivity index (χ4n) is 3.26. The van der Waals surface area contributed by atoms with Crippen LogP contribution in [0.4, 0.5) is 0 Å². The van der Waals surface area contributed by atoms with E-state index in [2.05, 4.69) is 0 Å². The molecule has 1 heteroatoms.